The summed E-state index contributed by atoms with van der Waals surface area (Å²) in [7, 11) is 0. The Morgan fingerprint density at radius 2 is 2.25 bits per heavy atom. The van der Waals surface area contributed by atoms with Crippen molar-refractivity contribution in [3.8, 4) is 17.6 Å². The molecule has 0 bridgehead atoms. The molecular weight excluding hydrogens is 284 g/mol. The summed E-state index contributed by atoms with van der Waals surface area (Å²) >= 11 is 0.995. The molecular formula is C11H6N4O4S. The van der Waals surface area contributed by atoms with E-state index < -0.39 is 22.1 Å². The van der Waals surface area contributed by atoms with E-state index in [-0.39, 0.29) is 11.1 Å². The van der Waals surface area contributed by atoms with E-state index in [1.165, 1.54) is 12.4 Å². The second-order valence-corrected chi connectivity index (χ2v) is 4.36. The van der Waals surface area contributed by atoms with Gasteiger partial charge in [0.1, 0.15) is 12.4 Å². The molecule has 100 valence electrons. The molecule has 1 aromatic carbocycles. The van der Waals surface area contributed by atoms with Gasteiger partial charge in [-0.3, -0.25) is 10.1 Å². The first kappa shape index (κ1) is 13.4. The number of nitro benzene ring substituents is 1. The Morgan fingerprint density at radius 3 is 2.80 bits per heavy atom. The molecule has 9 heteroatoms. The van der Waals surface area contributed by atoms with Crippen LogP contribution < -0.4 is 0 Å². The smallest absolute Gasteiger partial charge is 0.315 e. The highest BCUT2D eigenvalue weighted by Gasteiger charge is 2.18. The monoisotopic (exact) mass is 290 g/mol. The lowest BCUT2D eigenvalue weighted by molar-refractivity contribution is -0.386. The van der Waals surface area contributed by atoms with Gasteiger partial charge in [-0.05, 0) is 29.2 Å². The summed E-state index contributed by atoms with van der Waals surface area (Å²) in [5, 5.41) is 38.9. The summed E-state index contributed by atoms with van der Waals surface area (Å²) in [6, 6.07) is 4.05. The molecule has 2 aromatic rings. The van der Waals surface area contributed by atoms with Gasteiger partial charge in [-0.2, -0.15) is 9.64 Å². The van der Waals surface area contributed by atoms with Crippen molar-refractivity contribution in [2.45, 2.75) is 0 Å². The zero-order chi connectivity index (χ0) is 14.7. The van der Waals surface area contributed by atoms with Crippen molar-refractivity contribution in [3.63, 3.8) is 0 Å². The van der Waals surface area contributed by atoms with Gasteiger partial charge >= 0.3 is 5.69 Å². The maximum Gasteiger partial charge on any atom is 0.315 e. The van der Waals surface area contributed by atoms with E-state index in [2.05, 4.69) is 9.36 Å². The van der Waals surface area contributed by atoms with Crippen LogP contribution >= 0.6 is 11.5 Å². The van der Waals surface area contributed by atoms with Gasteiger partial charge in [-0.1, -0.05) is 0 Å². The molecule has 1 heterocycles. The number of aromatic nitrogens is 2. The Kier molecular flexibility index (Phi) is 3.58. The third kappa shape index (κ3) is 2.55. The van der Waals surface area contributed by atoms with Gasteiger partial charge in [0, 0.05) is 6.07 Å². The number of benzene rings is 1. The first-order valence-corrected chi connectivity index (χ1v) is 5.89. The summed E-state index contributed by atoms with van der Waals surface area (Å²) in [4.78, 5) is 13.8. The molecule has 2 rings (SSSR count). The fourth-order valence-corrected chi connectivity index (χ4v) is 1.94. The highest BCUT2D eigenvalue weighted by atomic mass is 32.1. The molecule has 8 nitrogen and oxygen atoms in total. The lowest BCUT2D eigenvalue weighted by Gasteiger charge is -2.01. The van der Waals surface area contributed by atoms with Gasteiger partial charge in [-0.25, -0.2) is 4.98 Å². The van der Waals surface area contributed by atoms with E-state index in [0.717, 1.165) is 23.7 Å². The molecule has 0 atom stereocenters. The predicted molar refractivity (Wildman–Crippen MR) is 69.8 cm³/mol. The third-order valence-electron chi connectivity index (χ3n) is 2.31. The number of allylic oxidation sites excluding steroid dienone is 1. The van der Waals surface area contributed by atoms with Crippen LogP contribution in [0.2, 0.25) is 0 Å². The number of nitriles is 1. The number of phenolic OH excluding ortho intramolecular Hbond substituents is 2. The Hall–Kier alpha value is -2.99. The molecule has 0 spiro atoms. The highest BCUT2D eigenvalue weighted by Crippen LogP contribution is 2.37. The van der Waals surface area contributed by atoms with E-state index in [0.29, 0.717) is 5.01 Å². The van der Waals surface area contributed by atoms with Crippen molar-refractivity contribution in [1.29, 1.82) is 5.26 Å². The molecule has 0 aliphatic rings. The zero-order valence-corrected chi connectivity index (χ0v) is 10.5. The molecule has 0 saturated carbocycles. The number of phenols is 2. The summed E-state index contributed by atoms with van der Waals surface area (Å²) in [5.74, 6) is -1.46. The van der Waals surface area contributed by atoms with Crippen molar-refractivity contribution in [3.05, 3.63) is 39.1 Å². The van der Waals surface area contributed by atoms with E-state index in [9.17, 15) is 20.3 Å². The van der Waals surface area contributed by atoms with Crippen molar-refractivity contribution >= 4 is 28.9 Å². The minimum atomic E-state index is -0.830. The molecule has 20 heavy (non-hydrogen) atoms. The van der Waals surface area contributed by atoms with Crippen LogP contribution in [0.25, 0.3) is 11.6 Å². The van der Waals surface area contributed by atoms with Gasteiger partial charge < -0.3 is 10.2 Å². The average Bonchev–Trinajstić information content (AvgIpc) is 2.93. The number of hydrogen-bond acceptors (Lipinski definition) is 8. The maximum atomic E-state index is 10.7. The van der Waals surface area contributed by atoms with Crippen molar-refractivity contribution in [1.82, 2.24) is 9.36 Å². The molecule has 0 unspecified atom stereocenters. The van der Waals surface area contributed by atoms with E-state index in [4.69, 9.17) is 5.26 Å². The molecule has 2 N–H and O–H groups in total. The second-order valence-electron chi connectivity index (χ2n) is 3.58. The first-order chi connectivity index (χ1) is 9.52. The summed E-state index contributed by atoms with van der Waals surface area (Å²) in [6.07, 6.45) is 2.59. The number of nitrogens with zero attached hydrogens (tertiary/aromatic N) is 4. The fourth-order valence-electron chi connectivity index (χ4n) is 1.45. The second kappa shape index (κ2) is 5.33. The summed E-state index contributed by atoms with van der Waals surface area (Å²) in [5.41, 5.74) is -0.309. The largest absolute Gasteiger partial charge is 0.504 e. The highest BCUT2D eigenvalue weighted by molar-refractivity contribution is 7.06. The standard InChI is InChI=1S/C11H6N4O4S/c12-4-7(11-13-5-14-20-11)1-6-2-8(15(18)19)10(17)9(16)3-6/h1-3,5,16-17H/b7-1+. The molecule has 0 amide bonds. The molecule has 1 aromatic heterocycles. The van der Waals surface area contributed by atoms with Crippen molar-refractivity contribution < 1.29 is 15.1 Å². The topological polar surface area (TPSA) is 133 Å². The minimum Gasteiger partial charge on any atom is -0.504 e. The minimum absolute atomic E-state index is 0.145. The van der Waals surface area contributed by atoms with E-state index in [1.807, 2.05) is 6.07 Å². The lowest BCUT2D eigenvalue weighted by atomic mass is 10.1. The average molecular weight is 290 g/mol. The summed E-state index contributed by atoms with van der Waals surface area (Å²) < 4.78 is 3.75. The molecule has 0 aliphatic carbocycles. The number of aromatic hydroxyl groups is 2. The fraction of sp³-hybridized carbons (Fsp3) is 0. The van der Waals surface area contributed by atoms with Gasteiger partial charge in [0.05, 0.1) is 10.5 Å². The van der Waals surface area contributed by atoms with Crippen LogP contribution in [-0.4, -0.2) is 24.5 Å². The predicted octanol–water partition coefficient (Wildman–Crippen LogP) is 1.92. The van der Waals surface area contributed by atoms with Crippen LogP contribution in [0.15, 0.2) is 18.5 Å². The number of hydrogen-bond donors (Lipinski definition) is 2. The Bertz CT molecular complexity index is 734. The van der Waals surface area contributed by atoms with Gasteiger partial charge in [-0.15, -0.1) is 0 Å². The van der Waals surface area contributed by atoms with Crippen LogP contribution in [0.3, 0.4) is 0 Å². The first-order valence-electron chi connectivity index (χ1n) is 5.12. The maximum absolute atomic E-state index is 10.7. The van der Waals surface area contributed by atoms with E-state index >= 15 is 0 Å². The Morgan fingerprint density at radius 1 is 1.50 bits per heavy atom. The van der Waals surface area contributed by atoms with Crippen molar-refractivity contribution in [2.75, 3.05) is 0 Å². The van der Waals surface area contributed by atoms with Gasteiger partial charge in [0.25, 0.3) is 0 Å². The van der Waals surface area contributed by atoms with Crippen LogP contribution in [0.5, 0.6) is 11.5 Å². The van der Waals surface area contributed by atoms with Crippen molar-refractivity contribution in [2.24, 2.45) is 0 Å². The molecule has 0 aliphatic heterocycles. The zero-order valence-electron chi connectivity index (χ0n) is 9.72. The lowest BCUT2D eigenvalue weighted by Crippen LogP contribution is -1.90. The van der Waals surface area contributed by atoms with E-state index in [1.54, 1.807) is 0 Å². The van der Waals surface area contributed by atoms with Gasteiger partial charge in [0.15, 0.2) is 10.8 Å². The number of nitro groups is 1. The van der Waals surface area contributed by atoms with Crippen LogP contribution in [-0.2, 0) is 0 Å². The van der Waals surface area contributed by atoms with Crippen LogP contribution in [0.4, 0.5) is 5.69 Å². The number of rotatable bonds is 3. The Labute approximate surface area is 116 Å². The normalized spacial score (nSPS) is 11.1. The van der Waals surface area contributed by atoms with Gasteiger partial charge in [0.2, 0.25) is 5.75 Å². The van der Waals surface area contributed by atoms with Crippen LogP contribution in [0, 0.1) is 21.4 Å². The molecule has 0 fully saturated rings. The molecule has 0 saturated heterocycles. The SMILES string of the molecule is N#C/C(=C\c1cc(O)c(O)c([N+](=O)[O-])c1)c1ncns1. The third-order valence-corrected chi connectivity index (χ3v) is 3.01. The Balaban J connectivity index is 2.54. The van der Waals surface area contributed by atoms with Crippen LogP contribution in [0.1, 0.15) is 10.6 Å². The molecule has 0 radical (unpaired) electrons. The summed E-state index contributed by atoms with van der Waals surface area (Å²) in [6.45, 7) is 0. The quantitative estimate of drug-likeness (QED) is 0.381.